The molecule has 0 amide bonds. The van der Waals surface area contributed by atoms with Gasteiger partial charge in [-0.05, 0) is 18.2 Å². The third-order valence-electron chi connectivity index (χ3n) is 2.89. The van der Waals surface area contributed by atoms with Crippen molar-refractivity contribution in [1.82, 2.24) is 15.1 Å². The summed E-state index contributed by atoms with van der Waals surface area (Å²) in [5.41, 5.74) is 1.99. The molecule has 2 aromatic heterocycles. The summed E-state index contributed by atoms with van der Waals surface area (Å²) in [6.07, 6.45) is 2.61. The van der Waals surface area contributed by atoms with Crippen molar-refractivity contribution in [2.24, 2.45) is 0 Å². The molecular formula is C14H11N5O3S. The predicted octanol–water partition coefficient (Wildman–Crippen LogP) is 1.97. The van der Waals surface area contributed by atoms with Crippen LogP contribution in [0.5, 0.6) is 0 Å². The first kappa shape index (κ1) is 14.8. The Morgan fingerprint density at radius 3 is 2.87 bits per heavy atom. The number of aromatic nitrogens is 3. The molecule has 0 bridgehead atoms. The van der Waals surface area contributed by atoms with Crippen LogP contribution in [0.2, 0.25) is 0 Å². The van der Waals surface area contributed by atoms with Gasteiger partial charge in [0, 0.05) is 17.4 Å². The molecule has 0 spiro atoms. The number of aromatic amines is 1. The van der Waals surface area contributed by atoms with Crippen molar-refractivity contribution in [2.75, 3.05) is 11.0 Å². The summed E-state index contributed by atoms with van der Waals surface area (Å²) in [5.74, 6) is 0.549. The van der Waals surface area contributed by atoms with Crippen LogP contribution >= 0.6 is 0 Å². The highest BCUT2D eigenvalue weighted by Gasteiger charge is 2.13. The lowest BCUT2D eigenvalue weighted by atomic mass is 10.2. The first-order valence-corrected chi connectivity index (χ1v) is 8.34. The second kappa shape index (κ2) is 5.58. The summed E-state index contributed by atoms with van der Waals surface area (Å²) < 4.78 is 30.1. The number of nitriles is 1. The van der Waals surface area contributed by atoms with Crippen molar-refractivity contribution in [3.05, 3.63) is 42.1 Å². The molecule has 3 aromatic rings. The van der Waals surface area contributed by atoms with Crippen molar-refractivity contribution >= 4 is 15.7 Å². The summed E-state index contributed by atoms with van der Waals surface area (Å²) >= 11 is 0. The Hall–Kier alpha value is -3.12. The van der Waals surface area contributed by atoms with Crippen LogP contribution in [0.1, 0.15) is 5.56 Å². The number of sulfonamides is 1. The maximum Gasteiger partial charge on any atom is 0.274 e. The average Bonchev–Trinajstić information content (AvgIpc) is 3.14. The zero-order chi connectivity index (χ0) is 16.4. The first-order valence-electron chi connectivity index (χ1n) is 6.45. The third-order valence-corrected chi connectivity index (χ3v) is 3.50. The lowest BCUT2D eigenvalue weighted by Crippen LogP contribution is -2.09. The van der Waals surface area contributed by atoms with Crippen molar-refractivity contribution in [3.8, 4) is 29.0 Å². The van der Waals surface area contributed by atoms with Gasteiger partial charge in [0.05, 0.1) is 11.8 Å². The highest BCUT2D eigenvalue weighted by molar-refractivity contribution is 7.92. The van der Waals surface area contributed by atoms with Crippen LogP contribution in [0.25, 0.3) is 23.0 Å². The van der Waals surface area contributed by atoms with Crippen LogP contribution in [0.3, 0.4) is 0 Å². The fourth-order valence-corrected chi connectivity index (χ4v) is 2.52. The zero-order valence-corrected chi connectivity index (χ0v) is 12.8. The maximum absolute atomic E-state index is 11.3. The van der Waals surface area contributed by atoms with Crippen LogP contribution in [0, 0.1) is 11.3 Å². The lowest BCUT2D eigenvalue weighted by molar-refractivity contribution is 0.431. The molecule has 0 saturated heterocycles. The molecule has 8 nitrogen and oxygen atoms in total. The average molecular weight is 329 g/mol. The van der Waals surface area contributed by atoms with Crippen molar-refractivity contribution in [2.45, 2.75) is 0 Å². The molecule has 0 fully saturated rings. The van der Waals surface area contributed by atoms with Gasteiger partial charge in [0.15, 0.2) is 0 Å². The van der Waals surface area contributed by atoms with Gasteiger partial charge in [0.2, 0.25) is 15.8 Å². The van der Waals surface area contributed by atoms with Crippen LogP contribution in [-0.2, 0) is 10.0 Å². The number of hydrogen-bond donors (Lipinski definition) is 2. The van der Waals surface area contributed by atoms with Crippen LogP contribution in [-0.4, -0.2) is 29.8 Å². The fourth-order valence-electron chi connectivity index (χ4n) is 1.97. The Balaban J connectivity index is 1.91. The topological polar surface area (TPSA) is 125 Å². The Morgan fingerprint density at radius 2 is 2.17 bits per heavy atom. The summed E-state index contributed by atoms with van der Waals surface area (Å²) in [6.45, 7) is 0. The minimum absolute atomic E-state index is 0.239. The molecule has 9 heteroatoms. The highest BCUT2D eigenvalue weighted by Crippen LogP contribution is 2.24. The summed E-state index contributed by atoms with van der Waals surface area (Å²) in [7, 11) is -3.36. The largest absolute Gasteiger partial charge is 0.356 e. The van der Waals surface area contributed by atoms with Gasteiger partial charge in [-0.3, -0.25) is 4.72 Å². The van der Waals surface area contributed by atoms with E-state index < -0.39 is 10.0 Å². The van der Waals surface area contributed by atoms with Gasteiger partial charge in [-0.1, -0.05) is 17.3 Å². The molecule has 116 valence electrons. The van der Waals surface area contributed by atoms with E-state index in [0.717, 1.165) is 6.26 Å². The Bertz CT molecular complexity index is 997. The molecule has 0 aliphatic rings. The summed E-state index contributed by atoms with van der Waals surface area (Å²) in [6, 6.07) is 10.2. The van der Waals surface area contributed by atoms with E-state index in [-0.39, 0.29) is 5.89 Å². The number of nitrogens with one attached hydrogen (secondary N) is 2. The molecule has 1 aromatic carbocycles. The van der Waals surface area contributed by atoms with Crippen molar-refractivity contribution in [1.29, 1.82) is 5.26 Å². The minimum Gasteiger partial charge on any atom is -0.356 e. The van der Waals surface area contributed by atoms with Crippen LogP contribution in [0.15, 0.2) is 41.1 Å². The van der Waals surface area contributed by atoms with Gasteiger partial charge < -0.3 is 9.51 Å². The molecule has 3 rings (SSSR count). The van der Waals surface area contributed by atoms with Crippen LogP contribution in [0.4, 0.5) is 5.69 Å². The molecule has 2 N–H and O–H groups in total. The predicted molar refractivity (Wildman–Crippen MR) is 82.7 cm³/mol. The van der Waals surface area contributed by atoms with Gasteiger partial charge in [0.25, 0.3) is 5.89 Å². The normalized spacial score (nSPS) is 11.1. The van der Waals surface area contributed by atoms with E-state index in [1.165, 1.54) is 6.20 Å². The SMILES string of the molecule is CS(=O)(=O)Nc1cccc(-c2noc(-c3cc(C#N)c[nH]3)n2)c1. The molecular weight excluding hydrogens is 318 g/mol. The number of nitrogens with zero attached hydrogens (tertiary/aromatic N) is 3. The van der Waals surface area contributed by atoms with Crippen molar-refractivity contribution in [3.63, 3.8) is 0 Å². The molecule has 0 radical (unpaired) electrons. The molecule has 0 aliphatic carbocycles. The standard InChI is InChI=1S/C14H11N5O3S/c1-23(20,21)19-11-4-2-3-10(6-11)13-17-14(22-18-13)12-5-9(7-15)8-16-12/h2-6,8,16,19H,1H3. The fraction of sp³-hybridized carbons (Fsp3) is 0.0714. The molecule has 2 heterocycles. The zero-order valence-electron chi connectivity index (χ0n) is 11.9. The number of benzene rings is 1. The Labute approximate surface area is 131 Å². The van der Waals surface area contributed by atoms with Gasteiger partial charge in [-0.15, -0.1) is 0 Å². The van der Waals surface area contributed by atoms with Crippen molar-refractivity contribution < 1.29 is 12.9 Å². The molecule has 0 unspecified atom stereocenters. The summed E-state index contributed by atoms with van der Waals surface area (Å²) in [5, 5.41) is 12.7. The van der Waals surface area contributed by atoms with Gasteiger partial charge in [-0.2, -0.15) is 10.2 Å². The van der Waals surface area contributed by atoms with Gasteiger partial charge in [0.1, 0.15) is 11.8 Å². The Morgan fingerprint density at radius 1 is 1.35 bits per heavy atom. The molecule has 0 atom stereocenters. The second-order valence-corrected chi connectivity index (χ2v) is 6.54. The lowest BCUT2D eigenvalue weighted by Gasteiger charge is -2.04. The maximum atomic E-state index is 11.3. The molecule has 0 aliphatic heterocycles. The third kappa shape index (κ3) is 3.38. The van der Waals surface area contributed by atoms with E-state index in [0.29, 0.717) is 28.3 Å². The van der Waals surface area contributed by atoms with E-state index in [9.17, 15) is 8.42 Å². The second-order valence-electron chi connectivity index (χ2n) is 4.79. The van der Waals surface area contributed by atoms with Gasteiger partial charge >= 0.3 is 0 Å². The molecule has 0 saturated carbocycles. The Kier molecular flexibility index (Phi) is 3.59. The first-order chi connectivity index (χ1) is 10.9. The van der Waals surface area contributed by atoms with E-state index in [4.69, 9.17) is 9.78 Å². The van der Waals surface area contributed by atoms with Crippen LogP contribution < -0.4 is 4.72 Å². The number of H-pyrrole nitrogens is 1. The molecule has 23 heavy (non-hydrogen) atoms. The van der Waals surface area contributed by atoms with Gasteiger partial charge in [-0.25, -0.2) is 8.42 Å². The smallest absolute Gasteiger partial charge is 0.274 e. The number of hydrogen-bond acceptors (Lipinski definition) is 6. The number of anilines is 1. The van der Waals surface area contributed by atoms with E-state index in [1.807, 2.05) is 6.07 Å². The van der Waals surface area contributed by atoms with E-state index >= 15 is 0 Å². The summed E-state index contributed by atoms with van der Waals surface area (Å²) in [4.78, 5) is 7.11. The number of rotatable bonds is 4. The quantitative estimate of drug-likeness (QED) is 0.754. The minimum atomic E-state index is -3.36. The highest BCUT2D eigenvalue weighted by atomic mass is 32.2. The van der Waals surface area contributed by atoms with E-state index in [1.54, 1.807) is 30.3 Å². The van der Waals surface area contributed by atoms with E-state index in [2.05, 4.69) is 19.8 Å². The monoisotopic (exact) mass is 329 g/mol.